The van der Waals surface area contributed by atoms with Gasteiger partial charge < -0.3 is 10.2 Å². The van der Waals surface area contributed by atoms with Crippen LogP contribution in [0.15, 0.2) is 6.07 Å². The summed E-state index contributed by atoms with van der Waals surface area (Å²) in [5.74, 6) is 3.58. The summed E-state index contributed by atoms with van der Waals surface area (Å²) < 4.78 is 0. The number of hydrogen-bond acceptors (Lipinski definition) is 4. The molecule has 0 unspecified atom stereocenters. The van der Waals surface area contributed by atoms with Crippen molar-refractivity contribution in [3.63, 3.8) is 0 Å². The fraction of sp³-hybridized carbons (Fsp3) is 0.750. The van der Waals surface area contributed by atoms with Gasteiger partial charge in [0.25, 0.3) is 0 Å². The van der Waals surface area contributed by atoms with Gasteiger partial charge in [0.1, 0.15) is 0 Å². The molecule has 1 aromatic rings. The summed E-state index contributed by atoms with van der Waals surface area (Å²) in [4.78, 5) is 23.5. The highest BCUT2D eigenvalue weighted by Crippen LogP contribution is 2.61. The largest absolute Gasteiger partial charge is 0.350 e. The highest BCUT2D eigenvalue weighted by Gasteiger charge is 2.51. The average Bonchev–Trinajstić information content (AvgIpc) is 2.50. The lowest BCUT2D eigenvalue weighted by Gasteiger charge is -2.56. The lowest BCUT2D eigenvalue weighted by Crippen LogP contribution is -2.48. The van der Waals surface area contributed by atoms with Crippen molar-refractivity contribution in [3.8, 4) is 0 Å². The zero-order valence-electron chi connectivity index (χ0n) is 15.7. The second kappa shape index (κ2) is 6.26. The van der Waals surface area contributed by atoms with Crippen molar-refractivity contribution in [3.05, 3.63) is 17.5 Å². The Bertz CT molecular complexity index is 634. The van der Waals surface area contributed by atoms with Gasteiger partial charge in [-0.2, -0.15) is 0 Å². The molecule has 0 aromatic carbocycles. The van der Waals surface area contributed by atoms with E-state index in [1.165, 1.54) is 38.5 Å². The van der Waals surface area contributed by atoms with Gasteiger partial charge in [-0.3, -0.25) is 4.79 Å². The zero-order chi connectivity index (χ0) is 17.6. The maximum Gasteiger partial charge on any atom is 0.225 e. The highest BCUT2D eigenvalue weighted by molar-refractivity contribution is 5.76. The molecule has 0 atom stereocenters. The lowest BCUT2D eigenvalue weighted by molar-refractivity contribution is -0.129. The summed E-state index contributed by atoms with van der Waals surface area (Å²) in [6, 6.07) is 1.96. The van der Waals surface area contributed by atoms with Crippen molar-refractivity contribution in [2.75, 3.05) is 19.0 Å². The molecule has 1 heterocycles. The third kappa shape index (κ3) is 3.51. The van der Waals surface area contributed by atoms with E-state index in [1.807, 2.05) is 32.0 Å². The summed E-state index contributed by atoms with van der Waals surface area (Å²) in [6.07, 6.45) is 8.83. The van der Waals surface area contributed by atoms with Crippen LogP contribution in [0.4, 0.5) is 5.95 Å². The fourth-order valence-electron chi connectivity index (χ4n) is 6.01. The Kier molecular flexibility index (Phi) is 4.20. The molecule has 5 rings (SSSR count). The molecule has 0 saturated heterocycles. The number of aromatic nitrogens is 2. The summed E-state index contributed by atoms with van der Waals surface area (Å²) >= 11 is 0. The molecular formula is C20H30N4O. The van der Waals surface area contributed by atoms with Gasteiger partial charge in [0.05, 0.1) is 12.2 Å². The molecule has 4 fully saturated rings. The minimum Gasteiger partial charge on any atom is -0.350 e. The molecule has 5 heteroatoms. The van der Waals surface area contributed by atoms with Crippen LogP contribution in [0.1, 0.15) is 56.3 Å². The van der Waals surface area contributed by atoms with Crippen LogP contribution in [-0.2, 0) is 11.3 Å². The number of nitrogens with zero attached hydrogens (tertiary/aromatic N) is 3. The van der Waals surface area contributed by atoms with Crippen LogP contribution in [0, 0.1) is 30.1 Å². The Morgan fingerprint density at radius 2 is 1.76 bits per heavy atom. The van der Waals surface area contributed by atoms with Crippen molar-refractivity contribution < 1.29 is 4.79 Å². The first-order chi connectivity index (χ1) is 11.9. The molecule has 0 aliphatic heterocycles. The quantitative estimate of drug-likeness (QED) is 0.893. The van der Waals surface area contributed by atoms with E-state index in [0.717, 1.165) is 29.1 Å². The molecule has 0 spiro atoms. The normalized spacial score (nSPS) is 32.7. The Morgan fingerprint density at radius 1 is 1.16 bits per heavy atom. The van der Waals surface area contributed by atoms with E-state index in [1.54, 1.807) is 0 Å². The number of aryl methyl sites for hydroxylation is 1. The van der Waals surface area contributed by atoms with Gasteiger partial charge in [-0.25, -0.2) is 9.97 Å². The number of hydrogen-bond donors (Lipinski definition) is 1. The van der Waals surface area contributed by atoms with Gasteiger partial charge in [0.2, 0.25) is 11.9 Å². The molecule has 4 saturated carbocycles. The van der Waals surface area contributed by atoms with E-state index in [0.29, 0.717) is 24.3 Å². The lowest BCUT2D eigenvalue weighted by atomic mass is 9.49. The molecule has 4 aliphatic carbocycles. The third-order valence-corrected chi connectivity index (χ3v) is 6.46. The van der Waals surface area contributed by atoms with E-state index >= 15 is 0 Å². The number of carbonyl (C=O) groups excluding carboxylic acids is 1. The molecule has 136 valence electrons. The third-order valence-electron chi connectivity index (χ3n) is 6.46. The van der Waals surface area contributed by atoms with Crippen LogP contribution in [-0.4, -0.2) is 30.0 Å². The van der Waals surface area contributed by atoms with Gasteiger partial charge in [0, 0.05) is 26.2 Å². The van der Waals surface area contributed by atoms with Crippen LogP contribution >= 0.6 is 0 Å². The zero-order valence-corrected chi connectivity index (χ0v) is 15.7. The number of anilines is 1. The van der Waals surface area contributed by atoms with Gasteiger partial charge in [-0.15, -0.1) is 0 Å². The summed E-state index contributed by atoms with van der Waals surface area (Å²) in [7, 11) is 3.87. The molecule has 1 amide bonds. The topological polar surface area (TPSA) is 58.1 Å². The fourth-order valence-corrected chi connectivity index (χ4v) is 6.01. The van der Waals surface area contributed by atoms with E-state index < -0.39 is 0 Å². The summed E-state index contributed by atoms with van der Waals surface area (Å²) in [5.41, 5.74) is 2.12. The summed E-state index contributed by atoms with van der Waals surface area (Å²) in [5, 5.41) is 3.12. The van der Waals surface area contributed by atoms with Gasteiger partial charge in [0.15, 0.2) is 0 Å². The predicted octanol–water partition coefficient (Wildman–Crippen LogP) is 3.07. The molecule has 25 heavy (non-hydrogen) atoms. The molecule has 4 aliphatic rings. The molecule has 5 nitrogen and oxygen atoms in total. The monoisotopic (exact) mass is 342 g/mol. The van der Waals surface area contributed by atoms with Crippen molar-refractivity contribution >= 4 is 11.9 Å². The van der Waals surface area contributed by atoms with E-state index in [2.05, 4.69) is 15.3 Å². The van der Waals surface area contributed by atoms with Crippen molar-refractivity contribution in [1.82, 2.24) is 15.3 Å². The molecular weight excluding hydrogens is 312 g/mol. The van der Waals surface area contributed by atoms with Crippen LogP contribution in [0.3, 0.4) is 0 Å². The van der Waals surface area contributed by atoms with Gasteiger partial charge >= 0.3 is 0 Å². The Labute approximate surface area is 150 Å². The second-order valence-electron chi connectivity index (χ2n) is 9.07. The van der Waals surface area contributed by atoms with E-state index in [9.17, 15) is 4.79 Å². The first-order valence-electron chi connectivity index (χ1n) is 9.69. The maximum absolute atomic E-state index is 12.6. The first kappa shape index (κ1) is 16.8. The SMILES string of the molecule is Cc1cc(CNC(=O)CC23CC4CC(CC(C4)C2)C3)nc(N(C)C)n1. The minimum atomic E-state index is 0.199. The number of nitrogens with one attached hydrogen (secondary N) is 1. The molecule has 1 N–H and O–H groups in total. The van der Waals surface area contributed by atoms with Crippen molar-refractivity contribution in [1.29, 1.82) is 0 Å². The molecule has 1 aromatic heterocycles. The Balaban J connectivity index is 1.37. The first-order valence-corrected chi connectivity index (χ1v) is 9.69. The number of amides is 1. The smallest absolute Gasteiger partial charge is 0.225 e. The molecule has 0 radical (unpaired) electrons. The Hall–Kier alpha value is -1.65. The number of carbonyl (C=O) groups is 1. The van der Waals surface area contributed by atoms with Gasteiger partial charge in [-0.05, 0) is 74.7 Å². The van der Waals surface area contributed by atoms with Gasteiger partial charge in [-0.1, -0.05) is 0 Å². The van der Waals surface area contributed by atoms with E-state index in [4.69, 9.17) is 0 Å². The predicted molar refractivity (Wildman–Crippen MR) is 98.2 cm³/mol. The standard InChI is InChI=1S/C20H30N4O/c1-13-4-17(23-19(22-13)24(2)3)12-21-18(25)11-20-8-14-5-15(9-20)7-16(6-14)10-20/h4,14-16H,5-12H2,1-3H3,(H,21,25). The van der Waals surface area contributed by atoms with Crippen LogP contribution in [0.5, 0.6) is 0 Å². The number of rotatable bonds is 5. The van der Waals surface area contributed by atoms with Crippen molar-refractivity contribution in [2.24, 2.45) is 23.2 Å². The maximum atomic E-state index is 12.6. The van der Waals surface area contributed by atoms with Crippen LogP contribution < -0.4 is 10.2 Å². The van der Waals surface area contributed by atoms with Crippen LogP contribution in [0.25, 0.3) is 0 Å². The summed E-state index contributed by atoms with van der Waals surface area (Å²) in [6.45, 7) is 2.46. The highest BCUT2D eigenvalue weighted by atomic mass is 16.1. The Morgan fingerprint density at radius 3 is 2.32 bits per heavy atom. The average molecular weight is 342 g/mol. The van der Waals surface area contributed by atoms with E-state index in [-0.39, 0.29) is 5.91 Å². The van der Waals surface area contributed by atoms with Crippen molar-refractivity contribution in [2.45, 2.75) is 58.4 Å². The minimum absolute atomic E-state index is 0.199. The molecule has 4 bridgehead atoms. The van der Waals surface area contributed by atoms with Crippen LogP contribution in [0.2, 0.25) is 0 Å². The second-order valence-corrected chi connectivity index (χ2v) is 9.07.